The monoisotopic (exact) mass is 308 g/mol. The normalized spacial score (nSPS) is 15.6. The lowest BCUT2D eigenvalue weighted by molar-refractivity contribution is 0.0672. The summed E-state index contributed by atoms with van der Waals surface area (Å²) in [6.45, 7) is 5.21. The number of nitrogens with zero attached hydrogens (tertiary/aromatic N) is 1. The maximum absolute atomic E-state index is 12.8. The van der Waals surface area contributed by atoms with Gasteiger partial charge in [-0.15, -0.1) is 0 Å². The molecule has 0 spiro atoms. The minimum absolute atomic E-state index is 0.0888. The van der Waals surface area contributed by atoms with Gasteiger partial charge in [-0.05, 0) is 43.4 Å². The van der Waals surface area contributed by atoms with Gasteiger partial charge in [-0.1, -0.05) is 38.3 Å². The molecule has 0 atom stereocenters. The van der Waals surface area contributed by atoms with Gasteiger partial charge >= 0.3 is 0 Å². The lowest BCUT2D eigenvalue weighted by Crippen LogP contribution is -2.40. The number of hydrogen-bond donors (Lipinski definition) is 1. The molecule has 116 valence electrons. The highest BCUT2D eigenvalue weighted by atomic mass is 35.5. The molecule has 1 aliphatic carbocycles. The zero-order chi connectivity index (χ0) is 15.4. The Labute approximate surface area is 132 Å². The van der Waals surface area contributed by atoms with Gasteiger partial charge in [-0.3, -0.25) is 4.79 Å². The second-order valence-corrected chi connectivity index (χ2v) is 6.76. The van der Waals surface area contributed by atoms with Crippen molar-refractivity contribution in [1.82, 2.24) is 4.90 Å². The quantitative estimate of drug-likeness (QED) is 0.822. The highest BCUT2D eigenvalue weighted by Gasteiger charge is 2.27. The van der Waals surface area contributed by atoms with Crippen LogP contribution in [0.3, 0.4) is 0 Å². The second-order valence-electron chi connectivity index (χ2n) is 6.36. The third-order valence-corrected chi connectivity index (χ3v) is 4.56. The van der Waals surface area contributed by atoms with E-state index in [9.17, 15) is 4.79 Å². The first-order chi connectivity index (χ1) is 9.99. The summed E-state index contributed by atoms with van der Waals surface area (Å²) < 4.78 is 0. The summed E-state index contributed by atoms with van der Waals surface area (Å²) in [6.07, 6.45) is 5.71. The van der Waals surface area contributed by atoms with Gasteiger partial charge in [0.2, 0.25) is 0 Å². The van der Waals surface area contributed by atoms with E-state index in [-0.39, 0.29) is 5.91 Å². The first-order valence-corrected chi connectivity index (χ1v) is 8.23. The van der Waals surface area contributed by atoms with Gasteiger partial charge in [0.25, 0.3) is 5.91 Å². The van der Waals surface area contributed by atoms with Gasteiger partial charge in [0, 0.05) is 18.2 Å². The van der Waals surface area contributed by atoms with E-state index in [1.165, 1.54) is 12.8 Å². The van der Waals surface area contributed by atoms with Gasteiger partial charge in [0.1, 0.15) is 0 Å². The maximum atomic E-state index is 12.8. The molecule has 0 unspecified atom stereocenters. The molecule has 3 nitrogen and oxygen atoms in total. The summed E-state index contributed by atoms with van der Waals surface area (Å²) in [5.74, 6) is 0.683. The Morgan fingerprint density at radius 2 is 2.05 bits per heavy atom. The largest absolute Gasteiger partial charge is 0.398 e. The van der Waals surface area contributed by atoms with Crippen molar-refractivity contribution in [3.63, 3.8) is 0 Å². The SMILES string of the molecule is CC(C)CCN(C(=O)c1ccc(Cl)c(N)c1)C1CCCC1. The van der Waals surface area contributed by atoms with Crippen molar-refractivity contribution in [2.75, 3.05) is 12.3 Å². The smallest absolute Gasteiger partial charge is 0.254 e. The molecule has 0 aliphatic heterocycles. The predicted molar refractivity (Wildman–Crippen MR) is 88.6 cm³/mol. The van der Waals surface area contributed by atoms with E-state index in [1.807, 2.05) is 0 Å². The first-order valence-electron chi connectivity index (χ1n) is 7.85. The number of nitrogen functional groups attached to an aromatic ring is 1. The van der Waals surface area contributed by atoms with Crippen molar-refractivity contribution in [3.05, 3.63) is 28.8 Å². The van der Waals surface area contributed by atoms with Crippen molar-refractivity contribution in [3.8, 4) is 0 Å². The number of amides is 1. The summed E-state index contributed by atoms with van der Waals surface area (Å²) in [4.78, 5) is 14.9. The van der Waals surface area contributed by atoms with Crippen molar-refractivity contribution < 1.29 is 4.79 Å². The molecular weight excluding hydrogens is 284 g/mol. The van der Waals surface area contributed by atoms with Crippen LogP contribution in [0, 0.1) is 5.92 Å². The van der Waals surface area contributed by atoms with Gasteiger partial charge in [-0.2, -0.15) is 0 Å². The molecule has 1 aromatic rings. The topological polar surface area (TPSA) is 46.3 Å². The third kappa shape index (κ3) is 4.13. The van der Waals surface area contributed by atoms with Crippen LogP contribution in [0.2, 0.25) is 5.02 Å². The number of carbonyl (C=O) groups excluding carboxylic acids is 1. The molecule has 21 heavy (non-hydrogen) atoms. The van der Waals surface area contributed by atoms with Crippen molar-refractivity contribution in [2.24, 2.45) is 5.92 Å². The number of hydrogen-bond acceptors (Lipinski definition) is 2. The molecule has 2 rings (SSSR count). The van der Waals surface area contributed by atoms with Gasteiger partial charge in [0.15, 0.2) is 0 Å². The van der Waals surface area contributed by atoms with E-state index in [4.69, 9.17) is 17.3 Å². The minimum atomic E-state index is 0.0888. The zero-order valence-corrected chi connectivity index (χ0v) is 13.7. The van der Waals surface area contributed by atoms with E-state index >= 15 is 0 Å². The first kappa shape index (κ1) is 16.2. The average molecular weight is 309 g/mol. The Hall–Kier alpha value is -1.22. The fourth-order valence-corrected chi connectivity index (χ4v) is 3.02. The van der Waals surface area contributed by atoms with Crippen LogP contribution in [-0.2, 0) is 0 Å². The second kappa shape index (κ2) is 7.17. The van der Waals surface area contributed by atoms with Crippen LogP contribution >= 0.6 is 11.6 Å². The number of anilines is 1. The Morgan fingerprint density at radius 3 is 2.62 bits per heavy atom. The van der Waals surface area contributed by atoms with Gasteiger partial charge in [-0.25, -0.2) is 0 Å². The third-order valence-electron chi connectivity index (χ3n) is 4.22. The van der Waals surface area contributed by atoms with Crippen LogP contribution in [0.25, 0.3) is 0 Å². The van der Waals surface area contributed by atoms with Crippen LogP contribution in [0.5, 0.6) is 0 Å². The molecule has 0 saturated heterocycles. The van der Waals surface area contributed by atoms with Gasteiger partial charge < -0.3 is 10.6 Å². The Kier molecular flexibility index (Phi) is 5.51. The van der Waals surface area contributed by atoms with Crippen LogP contribution < -0.4 is 5.73 Å². The number of benzene rings is 1. The summed E-state index contributed by atoms with van der Waals surface area (Å²) in [6, 6.07) is 5.56. The molecule has 0 aromatic heterocycles. The van der Waals surface area contributed by atoms with Crippen molar-refractivity contribution >= 4 is 23.2 Å². The van der Waals surface area contributed by atoms with E-state index in [2.05, 4.69) is 18.7 Å². The molecule has 1 aliphatic rings. The van der Waals surface area contributed by atoms with Crippen molar-refractivity contribution in [2.45, 2.75) is 52.0 Å². The fraction of sp³-hybridized carbons (Fsp3) is 0.588. The number of halogens is 1. The molecule has 1 aromatic carbocycles. The summed E-state index contributed by atoms with van der Waals surface area (Å²) in [7, 11) is 0. The Balaban J connectivity index is 2.17. The lowest BCUT2D eigenvalue weighted by atomic mass is 10.1. The lowest BCUT2D eigenvalue weighted by Gasteiger charge is -2.30. The highest BCUT2D eigenvalue weighted by molar-refractivity contribution is 6.33. The molecule has 4 heteroatoms. The van der Waals surface area contributed by atoms with Crippen LogP contribution in [-0.4, -0.2) is 23.4 Å². The van der Waals surface area contributed by atoms with E-state index in [1.54, 1.807) is 18.2 Å². The molecule has 0 radical (unpaired) electrons. The number of nitrogens with two attached hydrogens (primary N) is 1. The zero-order valence-electron chi connectivity index (χ0n) is 12.9. The average Bonchev–Trinajstić information content (AvgIpc) is 2.95. The standard InChI is InChI=1S/C17H25ClN2O/c1-12(2)9-10-20(14-5-3-4-6-14)17(21)13-7-8-15(18)16(19)11-13/h7-8,11-12,14H,3-6,9-10,19H2,1-2H3. The van der Waals surface area contributed by atoms with Crippen LogP contribution in [0.15, 0.2) is 18.2 Å². The molecule has 0 heterocycles. The summed E-state index contributed by atoms with van der Waals surface area (Å²) in [5, 5.41) is 0.501. The van der Waals surface area contributed by atoms with E-state index in [0.29, 0.717) is 28.2 Å². The fourth-order valence-electron chi connectivity index (χ4n) is 2.91. The molecule has 1 saturated carbocycles. The molecule has 2 N–H and O–H groups in total. The minimum Gasteiger partial charge on any atom is -0.398 e. The molecule has 1 fully saturated rings. The predicted octanol–water partition coefficient (Wildman–Crippen LogP) is 4.35. The summed E-state index contributed by atoms with van der Waals surface area (Å²) >= 11 is 5.94. The highest BCUT2D eigenvalue weighted by Crippen LogP contribution is 2.27. The van der Waals surface area contributed by atoms with E-state index in [0.717, 1.165) is 25.8 Å². The van der Waals surface area contributed by atoms with Crippen LogP contribution in [0.4, 0.5) is 5.69 Å². The number of carbonyl (C=O) groups is 1. The van der Waals surface area contributed by atoms with Gasteiger partial charge in [0.05, 0.1) is 10.7 Å². The number of rotatable bonds is 5. The van der Waals surface area contributed by atoms with Crippen molar-refractivity contribution in [1.29, 1.82) is 0 Å². The maximum Gasteiger partial charge on any atom is 0.254 e. The summed E-state index contributed by atoms with van der Waals surface area (Å²) in [5.41, 5.74) is 6.95. The Bertz CT molecular complexity index is 496. The molecule has 1 amide bonds. The molecule has 0 bridgehead atoms. The van der Waals surface area contributed by atoms with Crippen LogP contribution in [0.1, 0.15) is 56.3 Å². The Morgan fingerprint density at radius 1 is 1.38 bits per heavy atom. The van der Waals surface area contributed by atoms with E-state index < -0.39 is 0 Å². The molecular formula is C17H25ClN2O.